The molecule has 0 unspecified atom stereocenters. The lowest BCUT2D eigenvalue weighted by atomic mass is 10.0. The van der Waals surface area contributed by atoms with Gasteiger partial charge < -0.3 is 9.84 Å². The Hall–Kier alpha value is -0.540. The van der Waals surface area contributed by atoms with E-state index in [1.807, 2.05) is 32.0 Å². The van der Waals surface area contributed by atoms with Crippen LogP contribution in [0.1, 0.15) is 19.4 Å². The summed E-state index contributed by atoms with van der Waals surface area (Å²) in [5.74, 6) is 1.76. The zero-order valence-corrected chi connectivity index (χ0v) is 9.97. The number of ether oxygens (including phenoxy) is 1. The zero-order valence-electron chi connectivity index (χ0n) is 8.38. The van der Waals surface area contributed by atoms with Crippen LogP contribution in [0.4, 0.5) is 0 Å². The van der Waals surface area contributed by atoms with E-state index in [4.69, 9.17) is 9.84 Å². The van der Waals surface area contributed by atoms with Crippen LogP contribution in [0, 0.1) is 5.92 Å². The molecule has 1 aromatic rings. The number of hydrogen-bond acceptors (Lipinski definition) is 2. The van der Waals surface area contributed by atoms with Gasteiger partial charge in [0.1, 0.15) is 5.75 Å². The molecule has 0 bridgehead atoms. The van der Waals surface area contributed by atoms with Gasteiger partial charge in [0.25, 0.3) is 0 Å². The standard InChI is InChI=1S/C11H14BrO2/c1-3-14-11-6-9(8(2)7-13)4-5-10(11)12/h4-6,13H,3,7H2,1-2H3. The van der Waals surface area contributed by atoms with Crippen molar-refractivity contribution in [1.82, 2.24) is 0 Å². The van der Waals surface area contributed by atoms with Crippen LogP contribution in [0.25, 0.3) is 0 Å². The highest BCUT2D eigenvalue weighted by Gasteiger charge is 2.08. The summed E-state index contributed by atoms with van der Waals surface area (Å²) in [5.41, 5.74) is 1.01. The third-order valence-electron chi connectivity index (χ3n) is 1.96. The molecular formula is C11H14BrO2. The van der Waals surface area contributed by atoms with Gasteiger partial charge in [-0.15, -0.1) is 0 Å². The molecule has 0 amide bonds. The van der Waals surface area contributed by atoms with Gasteiger partial charge in [0.2, 0.25) is 0 Å². The Morgan fingerprint density at radius 1 is 1.50 bits per heavy atom. The minimum Gasteiger partial charge on any atom is -0.493 e. The first-order valence-electron chi connectivity index (χ1n) is 4.55. The number of hydrogen-bond donors (Lipinski definition) is 1. The predicted octanol–water partition coefficient (Wildman–Crippen LogP) is 2.78. The van der Waals surface area contributed by atoms with Crippen LogP contribution >= 0.6 is 15.9 Å². The lowest BCUT2D eigenvalue weighted by Crippen LogP contribution is -2.01. The van der Waals surface area contributed by atoms with E-state index in [0.29, 0.717) is 6.61 Å². The summed E-state index contributed by atoms with van der Waals surface area (Å²) in [6, 6.07) is 5.82. The van der Waals surface area contributed by atoms with Gasteiger partial charge in [-0.3, -0.25) is 0 Å². The predicted molar refractivity (Wildman–Crippen MR) is 60.4 cm³/mol. The van der Waals surface area contributed by atoms with E-state index in [1.165, 1.54) is 0 Å². The van der Waals surface area contributed by atoms with E-state index in [1.54, 1.807) is 0 Å². The van der Waals surface area contributed by atoms with Crippen LogP contribution in [-0.4, -0.2) is 18.3 Å². The van der Waals surface area contributed by atoms with Crippen molar-refractivity contribution in [3.05, 3.63) is 34.2 Å². The SMILES string of the molecule is CCOc1cc([C](C)CO)ccc1Br. The molecule has 2 nitrogen and oxygen atoms in total. The van der Waals surface area contributed by atoms with Crippen molar-refractivity contribution in [1.29, 1.82) is 0 Å². The van der Waals surface area contributed by atoms with Gasteiger partial charge in [-0.1, -0.05) is 13.0 Å². The summed E-state index contributed by atoms with van der Waals surface area (Å²) < 4.78 is 6.37. The van der Waals surface area contributed by atoms with E-state index >= 15 is 0 Å². The van der Waals surface area contributed by atoms with Crippen molar-refractivity contribution in [2.45, 2.75) is 13.8 Å². The Morgan fingerprint density at radius 2 is 2.21 bits per heavy atom. The fourth-order valence-corrected chi connectivity index (χ4v) is 1.49. The van der Waals surface area contributed by atoms with E-state index < -0.39 is 0 Å². The molecule has 0 fully saturated rings. The highest BCUT2D eigenvalue weighted by atomic mass is 79.9. The van der Waals surface area contributed by atoms with E-state index in [2.05, 4.69) is 15.9 Å². The van der Waals surface area contributed by atoms with E-state index in [0.717, 1.165) is 21.7 Å². The van der Waals surface area contributed by atoms with Gasteiger partial charge in [-0.2, -0.15) is 0 Å². The average Bonchev–Trinajstić information content (AvgIpc) is 2.20. The van der Waals surface area contributed by atoms with E-state index in [-0.39, 0.29) is 6.61 Å². The molecule has 0 aliphatic carbocycles. The molecule has 0 aliphatic heterocycles. The van der Waals surface area contributed by atoms with Crippen LogP contribution in [0.2, 0.25) is 0 Å². The molecule has 1 rings (SSSR count). The highest BCUT2D eigenvalue weighted by molar-refractivity contribution is 9.10. The Morgan fingerprint density at radius 3 is 2.79 bits per heavy atom. The molecule has 1 aromatic carbocycles. The van der Waals surface area contributed by atoms with Crippen molar-refractivity contribution in [3.63, 3.8) is 0 Å². The molecule has 1 radical (unpaired) electrons. The minimum atomic E-state index is 0.0766. The molecule has 0 aliphatic rings. The maximum atomic E-state index is 8.99. The van der Waals surface area contributed by atoms with E-state index in [9.17, 15) is 0 Å². The van der Waals surface area contributed by atoms with Crippen LogP contribution < -0.4 is 4.74 Å². The molecule has 77 valence electrons. The number of aliphatic hydroxyl groups is 1. The summed E-state index contributed by atoms with van der Waals surface area (Å²) in [5, 5.41) is 8.99. The monoisotopic (exact) mass is 257 g/mol. The molecule has 0 saturated heterocycles. The van der Waals surface area contributed by atoms with Crippen LogP contribution in [0.3, 0.4) is 0 Å². The lowest BCUT2D eigenvalue weighted by molar-refractivity contribution is 0.314. The minimum absolute atomic E-state index is 0.0766. The first kappa shape index (κ1) is 11.5. The molecule has 3 heteroatoms. The second kappa shape index (κ2) is 5.37. The maximum absolute atomic E-state index is 8.99. The third kappa shape index (κ3) is 2.72. The van der Waals surface area contributed by atoms with Crippen molar-refractivity contribution in [3.8, 4) is 5.75 Å². The summed E-state index contributed by atoms with van der Waals surface area (Å²) >= 11 is 3.41. The smallest absolute Gasteiger partial charge is 0.133 e. The molecule has 0 heterocycles. The van der Waals surface area contributed by atoms with Crippen molar-refractivity contribution < 1.29 is 9.84 Å². The quantitative estimate of drug-likeness (QED) is 0.899. The normalized spacial score (nSPS) is 10.6. The summed E-state index contributed by atoms with van der Waals surface area (Å²) in [6.45, 7) is 4.56. The molecule has 0 saturated carbocycles. The van der Waals surface area contributed by atoms with Gasteiger partial charge in [0, 0.05) is 5.92 Å². The molecule has 14 heavy (non-hydrogen) atoms. The Balaban J connectivity index is 2.93. The fraction of sp³-hybridized carbons (Fsp3) is 0.364. The van der Waals surface area contributed by atoms with Crippen LogP contribution in [0.5, 0.6) is 5.75 Å². The zero-order chi connectivity index (χ0) is 10.6. The molecule has 0 atom stereocenters. The molecule has 0 aromatic heterocycles. The summed E-state index contributed by atoms with van der Waals surface area (Å²) in [7, 11) is 0. The molecule has 0 spiro atoms. The van der Waals surface area contributed by atoms with Crippen LogP contribution in [-0.2, 0) is 0 Å². The number of rotatable bonds is 4. The molecule has 1 N–H and O–H groups in total. The number of benzene rings is 1. The highest BCUT2D eigenvalue weighted by Crippen LogP contribution is 2.28. The van der Waals surface area contributed by atoms with Gasteiger partial charge in [0.05, 0.1) is 17.7 Å². The average molecular weight is 258 g/mol. The molecular weight excluding hydrogens is 244 g/mol. The van der Waals surface area contributed by atoms with Gasteiger partial charge in [-0.25, -0.2) is 0 Å². The fourth-order valence-electron chi connectivity index (χ4n) is 1.13. The second-order valence-electron chi connectivity index (χ2n) is 3.02. The Kier molecular flexibility index (Phi) is 4.42. The van der Waals surface area contributed by atoms with Crippen molar-refractivity contribution in [2.24, 2.45) is 0 Å². The third-order valence-corrected chi connectivity index (χ3v) is 2.62. The van der Waals surface area contributed by atoms with Crippen molar-refractivity contribution in [2.75, 3.05) is 13.2 Å². The lowest BCUT2D eigenvalue weighted by Gasteiger charge is -2.11. The van der Waals surface area contributed by atoms with Gasteiger partial charge in [-0.05, 0) is 40.5 Å². The largest absolute Gasteiger partial charge is 0.493 e. The second-order valence-corrected chi connectivity index (χ2v) is 3.87. The Labute approximate surface area is 93.0 Å². The van der Waals surface area contributed by atoms with Gasteiger partial charge in [0.15, 0.2) is 0 Å². The number of halogens is 1. The first-order valence-corrected chi connectivity index (χ1v) is 5.34. The Bertz CT molecular complexity index is 299. The maximum Gasteiger partial charge on any atom is 0.133 e. The number of aliphatic hydroxyl groups excluding tert-OH is 1. The first-order chi connectivity index (χ1) is 6.69. The summed E-state index contributed by atoms with van der Waals surface area (Å²) in [6.07, 6.45) is 0. The van der Waals surface area contributed by atoms with Gasteiger partial charge >= 0.3 is 0 Å². The van der Waals surface area contributed by atoms with Crippen LogP contribution in [0.15, 0.2) is 22.7 Å². The van der Waals surface area contributed by atoms with Crippen molar-refractivity contribution >= 4 is 15.9 Å². The topological polar surface area (TPSA) is 29.5 Å². The summed E-state index contributed by atoms with van der Waals surface area (Å²) in [4.78, 5) is 0.